The molecule has 1 atom stereocenters. The lowest BCUT2D eigenvalue weighted by atomic mass is 10.1. The van der Waals surface area contributed by atoms with Gasteiger partial charge in [0.05, 0.1) is 19.3 Å². The third-order valence-corrected chi connectivity index (χ3v) is 4.67. The number of hydrogen-bond donors (Lipinski definition) is 1. The smallest absolute Gasteiger partial charge is 0.322 e. The van der Waals surface area contributed by atoms with Gasteiger partial charge in [-0.1, -0.05) is 13.0 Å². The number of anilines is 2. The predicted molar refractivity (Wildman–Crippen MR) is 88.7 cm³/mol. The molecule has 2 aliphatic heterocycles. The molecule has 0 radical (unpaired) electrons. The second kappa shape index (κ2) is 6.57. The highest BCUT2D eigenvalue weighted by Gasteiger charge is 2.26. The number of amides is 2. The minimum absolute atomic E-state index is 0.0175. The molecule has 2 heterocycles. The number of hydrogen-bond acceptors (Lipinski definition) is 3. The zero-order chi connectivity index (χ0) is 15.5. The molecular weight excluding hydrogens is 278 g/mol. The Hall–Kier alpha value is -1.75. The van der Waals surface area contributed by atoms with Crippen LogP contribution in [0.3, 0.4) is 0 Å². The summed E-state index contributed by atoms with van der Waals surface area (Å²) in [5.74, 6) is 0. The Morgan fingerprint density at radius 3 is 3.00 bits per heavy atom. The van der Waals surface area contributed by atoms with E-state index in [-0.39, 0.29) is 12.1 Å². The molecule has 3 rings (SSSR count). The Morgan fingerprint density at radius 2 is 2.23 bits per heavy atom. The molecule has 1 aromatic rings. The van der Waals surface area contributed by atoms with Crippen LogP contribution in [0.5, 0.6) is 0 Å². The molecule has 0 saturated carbocycles. The number of fused-ring (bicyclic) bond motifs is 1. The van der Waals surface area contributed by atoms with E-state index in [1.54, 1.807) is 0 Å². The number of ether oxygens (including phenoxy) is 1. The number of carbonyl (C=O) groups excluding carboxylic acids is 1. The Morgan fingerprint density at radius 1 is 1.36 bits per heavy atom. The molecule has 1 N–H and O–H groups in total. The zero-order valence-electron chi connectivity index (χ0n) is 13.5. The first-order chi connectivity index (χ1) is 10.7. The molecule has 0 bridgehead atoms. The summed E-state index contributed by atoms with van der Waals surface area (Å²) in [7, 11) is 0. The van der Waals surface area contributed by atoms with Gasteiger partial charge in [0.15, 0.2) is 0 Å². The first-order valence-corrected chi connectivity index (χ1v) is 8.26. The summed E-state index contributed by atoms with van der Waals surface area (Å²) in [5, 5.41) is 3.06. The van der Waals surface area contributed by atoms with Crippen LogP contribution in [0, 0.1) is 0 Å². The van der Waals surface area contributed by atoms with E-state index in [2.05, 4.69) is 36.2 Å². The second-order valence-electron chi connectivity index (χ2n) is 5.93. The minimum atomic E-state index is -0.0175. The highest BCUT2D eigenvalue weighted by Crippen LogP contribution is 2.30. The molecule has 5 nitrogen and oxygen atoms in total. The fourth-order valence-electron chi connectivity index (χ4n) is 3.31. The van der Waals surface area contributed by atoms with Crippen molar-refractivity contribution in [3.05, 3.63) is 23.8 Å². The van der Waals surface area contributed by atoms with E-state index in [1.165, 1.54) is 11.3 Å². The summed E-state index contributed by atoms with van der Waals surface area (Å²) in [6.07, 6.45) is 2.01. The van der Waals surface area contributed by atoms with Gasteiger partial charge in [-0.15, -0.1) is 0 Å². The van der Waals surface area contributed by atoms with Crippen molar-refractivity contribution in [3.63, 3.8) is 0 Å². The van der Waals surface area contributed by atoms with Gasteiger partial charge in [0.1, 0.15) is 0 Å². The molecule has 1 fully saturated rings. The molecule has 1 unspecified atom stereocenters. The van der Waals surface area contributed by atoms with Gasteiger partial charge in [-0.25, -0.2) is 4.79 Å². The third kappa shape index (κ3) is 2.90. The monoisotopic (exact) mass is 303 g/mol. The lowest BCUT2D eigenvalue weighted by Gasteiger charge is -2.35. The third-order valence-electron chi connectivity index (χ3n) is 4.67. The Bertz CT molecular complexity index is 547. The van der Waals surface area contributed by atoms with E-state index in [4.69, 9.17) is 4.74 Å². The number of likely N-dealkylation sites (N-methyl/N-ethyl adjacent to an activating group) is 1. The number of urea groups is 1. The zero-order valence-corrected chi connectivity index (χ0v) is 13.5. The van der Waals surface area contributed by atoms with Gasteiger partial charge in [0, 0.05) is 31.0 Å². The van der Waals surface area contributed by atoms with Crippen molar-refractivity contribution in [3.8, 4) is 0 Å². The summed E-state index contributed by atoms with van der Waals surface area (Å²) < 4.78 is 5.46. The van der Waals surface area contributed by atoms with Crippen LogP contribution in [-0.4, -0.2) is 49.8 Å². The summed E-state index contributed by atoms with van der Waals surface area (Å²) in [5.41, 5.74) is 3.51. The predicted octanol–water partition coefficient (Wildman–Crippen LogP) is 2.71. The van der Waals surface area contributed by atoms with Gasteiger partial charge in [0.2, 0.25) is 0 Å². The SMILES string of the molecule is CCC1COCCN1C(=O)Nc1ccc2c(c1)N(CC)CC2. The van der Waals surface area contributed by atoms with Gasteiger partial charge in [0.25, 0.3) is 0 Å². The van der Waals surface area contributed by atoms with E-state index >= 15 is 0 Å². The van der Waals surface area contributed by atoms with Crippen LogP contribution in [0.4, 0.5) is 16.2 Å². The maximum absolute atomic E-state index is 12.5. The number of carbonyl (C=O) groups is 1. The Labute approximate surface area is 132 Å². The lowest BCUT2D eigenvalue weighted by Crippen LogP contribution is -2.50. The highest BCUT2D eigenvalue weighted by molar-refractivity contribution is 5.90. The number of nitrogens with zero attached hydrogens (tertiary/aromatic N) is 2. The molecule has 1 saturated heterocycles. The van der Waals surface area contributed by atoms with Crippen molar-refractivity contribution in [1.82, 2.24) is 4.90 Å². The maximum Gasteiger partial charge on any atom is 0.322 e. The number of nitrogens with one attached hydrogen (secondary N) is 1. The highest BCUT2D eigenvalue weighted by atomic mass is 16.5. The van der Waals surface area contributed by atoms with Crippen LogP contribution >= 0.6 is 0 Å². The van der Waals surface area contributed by atoms with E-state index in [9.17, 15) is 4.79 Å². The van der Waals surface area contributed by atoms with Crippen molar-refractivity contribution in [1.29, 1.82) is 0 Å². The van der Waals surface area contributed by atoms with Gasteiger partial charge < -0.3 is 19.9 Å². The quantitative estimate of drug-likeness (QED) is 0.934. The lowest BCUT2D eigenvalue weighted by molar-refractivity contribution is 0.0144. The molecule has 120 valence electrons. The van der Waals surface area contributed by atoms with Crippen LogP contribution in [0.2, 0.25) is 0 Å². The van der Waals surface area contributed by atoms with E-state index in [0.29, 0.717) is 19.8 Å². The van der Waals surface area contributed by atoms with Crippen molar-refractivity contribution in [2.24, 2.45) is 0 Å². The standard InChI is InChI=1S/C17H25N3O2/c1-3-15-12-22-10-9-20(15)17(21)18-14-6-5-13-7-8-19(4-2)16(13)11-14/h5-6,11,15H,3-4,7-10,12H2,1-2H3,(H,18,21). The average molecular weight is 303 g/mol. The molecule has 2 amide bonds. The van der Waals surface area contributed by atoms with Gasteiger partial charge in [-0.05, 0) is 37.5 Å². The summed E-state index contributed by atoms with van der Waals surface area (Å²) in [6, 6.07) is 6.41. The van der Waals surface area contributed by atoms with Gasteiger partial charge in [-0.3, -0.25) is 0 Å². The fraction of sp³-hybridized carbons (Fsp3) is 0.588. The van der Waals surface area contributed by atoms with Crippen molar-refractivity contribution in [2.75, 3.05) is 43.1 Å². The fourth-order valence-corrected chi connectivity index (χ4v) is 3.31. The molecular formula is C17H25N3O2. The van der Waals surface area contributed by atoms with Crippen molar-refractivity contribution < 1.29 is 9.53 Å². The Balaban J connectivity index is 1.71. The van der Waals surface area contributed by atoms with Crippen LogP contribution in [0.15, 0.2) is 18.2 Å². The second-order valence-corrected chi connectivity index (χ2v) is 5.93. The minimum Gasteiger partial charge on any atom is -0.377 e. The number of morpholine rings is 1. The van der Waals surface area contributed by atoms with E-state index in [1.807, 2.05) is 11.0 Å². The first-order valence-electron chi connectivity index (χ1n) is 8.26. The molecule has 2 aliphatic rings. The molecule has 0 aliphatic carbocycles. The van der Waals surface area contributed by atoms with Crippen LogP contribution in [0.25, 0.3) is 0 Å². The van der Waals surface area contributed by atoms with Crippen molar-refractivity contribution >= 4 is 17.4 Å². The van der Waals surface area contributed by atoms with Crippen LogP contribution in [-0.2, 0) is 11.2 Å². The Kier molecular flexibility index (Phi) is 4.52. The van der Waals surface area contributed by atoms with Gasteiger partial charge in [-0.2, -0.15) is 0 Å². The topological polar surface area (TPSA) is 44.8 Å². The molecule has 0 spiro atoms. The molecule has 5 heteroatoms. The van der Waals surface area contributed by atoms with E-state index < -0.39 is 0 Å². The first kappa shape index (κ1) is 15.2. The van der Waals surface area contributed by atoms with Gasteiger partial charge >= 0.3 is 6.03 Å². The average Bonchev–Trinajstić information content (AvgIpc) is 2.97. The number of benzene rings is 1. The normalized spacial score (nSPS) is 20.9. The molecule has 22 heavy (non-hydrogen) atoms. The molecule has 1 aromatic carbocycles. The van der Waals surface area contributed by atoms with Crippen molar-refractivity contribution in [2.45, 2.75) is 32.7 Å². The summed E-state index contributed by atoms with van der Waals surface area (Å²) >= 11 is 0. The molecule has 0 aromatic heterocycles. The van der Waals surface area contributed by atoms with Crippen LogP contribution < -0.4 is 10.2 Å². The summed E-state index contributed by atoms with van der Waals surface area (Å²) in [4.78, 5) is 16.8. The largest absolute Gasteiger partial charge is 0.377 e. The summed E-state index contributed by atoms with van der Waals surface area (Å²) in [6.45, 7) is 8.26. The van der Waals surface area contributed by atoms with E-state index in [0.717, 1.165) is 31.6 Å². The maximum atomic E-state index is 12.5. The van der Waals surface area contributed by atoms with Crippen LogP contribution in [0.1, 0.15) is 25.8 Å². The number of rotatable bonds is 3.